The summed E-state index contributed by atoms with van der Waals surface area (Å²) in [7, 11) is 0. The maximum absolute atomic E-state index is 5.59. The number of halogens is 1. The molecule has 3 heteroatoms. The van der Waals surface area contributed by atoms with E-state index in [1.54, 1.807) is 0 Å². The Balaban J connectivity index is 2.12. The van der Waals surface area contributed by atoms with Crippen LogP contribution < -0.4 is 5.32 Å². The third-order valence-corrected chi connectivity index (χ3v) is 3.31. The Labute approximate surface area is 111 Å². The molecule has 2 rings (SSSR count). The molecule has 0 radical (unpaired) electrons. The van der Waals surface area contributed by atoms with Gasteiger partial charge in [-0.05, 0) is 61.3 Å². The highest BCUT2D eigenvalue weighted by molar-refractivity contribution is 9.10. The molecule has 1 aromatic heterocycles. The van der Waals surface area contributed by atoms with Gasteiger partial charge in [0.2, 0.25) is 0 Å². The van der Waals surface area contributed by atoms with Crippen LogP contribution >= 0.6 is 15.9 Å². The van der Waals surface area contributed by atoms with Crippen LogP contribution in [0.5, 0.6) is 0 Å². The summed E-state index contributed by atoms with van der Waals surface area (Å²) in [5.74, 6) is 0. The van der Waals surface area contributed by atoms with Gasteiger partial charge in [0.15, 0.2) is 0 Å². The topological polar surface area (TPSA) is 25.2 Å². The number of furan rings is 1. The summed E-state index contributed by atoms with van der Waals surface area (Å²) in [6, 6.07) is 6.15. The van der Waals surface area contributed by atoms with Gasteiger partial charge in [-0.2, -0.15) is 0 Å². The lowest BCUT2D eigenvalue weighted by atomic mass is 10.1. The highest BCUT2D eigenvalue weighted by Gasteiger charge is 2.11. The summed E-state index contributed by atoms with van der Waals surface area (Å²) in [4.78, 5) is 0. The molecular formula is C14H18BrNO. The summed E-state index contributed by atoms with van der Waals surface area (Å²) in [6.07, 6.45) is 2.85. The van der Waals surface area contributed by atoms with Crippen LogP contribution in [0, 0.1) is 0 Å². The molecular weight excluding hydrogens is 278 g/mol. The number of hydrogen-bond acceptors (Lipinski definition) is 2. The first kappa shape index (κ1) is 12.7. The number of hydrogen-bond donors (Lipinski definition) is 1. The average molecular weight is 296 g/mol. The van der Waals surface area contributed by atoms with Gasteiger partial charge in [-0.15, -0.1) is 0 Å². The van der Waals surface area contributed by atoms with Crippen molar-refractivity contribution in [3.8, 4) is 0 Å². The van der Waals surface area contributed by atoms with Gasteiger partial charge >= 0.3 is 0 Å². The lowest BCUT2D eigenvalue weighted by Crippen LogP contribution is -2.37. The number of rotatable bonds is 3. The molecule has 2 aromatic rings. The first-order valence-electron chi connectivity index (χ1n) is 5.87. The molecule has 92 valence electrons. The molecule has 0 aliphatic heterocycles. The first-order chi connectivity index (χ1) is 7.97. The van der Waals surface area contributed by atoms with Gasteiger partial charge in [-0.1, -0.05) is 12.1 Å². The van der Waals surface area contributed by atoms with Crippen LogP contribution in [0.3, 0.4) is 0 Å². The van der Waals surface area contributed by atoms with Crippen molar-refractivity contribution in [2.75, 3.05) is 6.54 Å². The molecule has 0 aliphatic rings. The Morgan fingerprint density at radius 2 is 2.06 bits per heavy atom. The third-order valence-electron chi connectivity index (χ3n) is 2.68. The van der Waals surface area contributed by atoms with E-state index in [9.17, 15) is 0 Å². The van der Waals surface area contributed by atoms with E-state index in [2.05, 4.69) is 48.1 Å². The van der Waals surface area contributed by atoms with Crippen molar-refractivity contribution in [3.05, 3.63) is 34.5 Å². The van der Waals surface area contributed by atoms with E-state index in [1.165, 1.54) is 10.9 Å². The van der Waals surface area contributed by atoms with Crippen LogP contribution in [0.4, 0.5) is 0 Å². The van der Waals surface area contributed by atoms with Crippen LogP contribution in [-0.4, -0.2) is 12.1 Å². The van der Waals surface area contributed by atoms with Gasteiger partial charge in [0.25, 0.3) is 0 Å². The normalized spacial score (nSPS) is 12.2. The fourth-order valence-corrected chi connectivity index (χ4v) is 2.30. The lowest BCUT2D eigenvalue weighted by Gasteiger charge is -2.20. The molecule has 0 saturated heterocycles. The molecule has 0 unspecified atom stereocenters. The highest BCUT2D eigenvalue weighted by atomic mass is 79.9. The predicted molar refractivity (Wildman–Crippen MR) is 75.4 cm³/mol. The smallest absolute Gasteiger partial charge is 0.148 e. The van der Waals surface area contributed by atoms with Crippen LogP contribution in [0.25, 0.3) is 11.0 Å². The summed E-state index contributed by atoms with van der Waals surface area (Å²) in [5.41, 5.74) is 2.37. The largest absolute Gasteiger partial charge is 0.463 e. The maximum atomic E-state index is 5.59. The summed E-state index contributed by atoms with van der Waals surface area (Å²) < 4.78 is 6.61. The van der Waals surface area contributed by atoms with Gasteiger partial charge in [-0.25, -0.2) is 0 Å². The quantitative estimate of drug-likeness (QED) is 0.921. The van der Waals surface area contributed by atoms with Gasteiger partial charge in [0.05, 0.1) is 10.7 Å². The molecule has 1 heterocycles. The molecule has 17 heavy (non-hydrogen) atoms. The Bertz CT molecular complexity index is 510. The second-order valence-electron chi connectivity index (χ2n) is 5.30. The molecule has 2 nitrogen and oxygen atoms in total. The molecule has 0 saturated carbocycles. The van der Waals surface area contributed by atoms with Crippen molar-refractivity contribution in [2.45, 2.75) is 32.7 Å². The van der Waals surface area contributed by atoms with E-state index in [1.807, 2.05) is 18.4 Å². The minimum atomic E-state index is 0.167. The minimum absolute atomic E-state index is 0.167. The molecule has 1 aromatic carbocycles. The van der Waals surface area contributed by atoms with E-state index in [4.69, 9.17) is 4.42 Å². The average Bonchev–Trinajstić information content (AvgIpc) is 2.61. The van der Waals surface area contributed by atoms with E-state index >= 15 is 0 Å². The Hall–Kier alpha value is -0.800. The van der Waals surface area contributed by atoms with Crippen molar-refractivity contribution in [1.82, 2.24) is 5.32 Å². The number of benzene rings is 1. The van der Waals surface area contributed by atoms with E-state index in [0.717, 1.165) is 23.0 Å². The summed E-state index contributed by atoms with van der Waals surface area (Å²) >= 11 is 3.50. The van der Waals surface area contributed by atoms with Crippen LogP contribution in [-0.2, 0) is 6.42 Å². The van der Waals surface area contributed by atoms with Gasteiger partial charge in [-0.3, -0.25) is 0 Å². The zero-order valence-electron chi connectivity index (χ0n) is 10.5. The standard InChI is InChI=1S/C14H18BrNO/c1-14(2,3)16-8-7-10-9-17-13-11(10)5-4-6-12(13)15/h4-6,9,16H,7-8H2,1-3H3. The minimum Gasteiger partial charge on any atom is -0.463 e. The fourth-order valence-electron chi connectivity index (χ4n) is 1.84. The molecule has 0 amide bonds. The zero-order chi connectivity index (χ0) is 12.5. The monoisotopic (exact) mass is 295 g/mol. The van der Waals surface area contributed by atoms with Crippen LogP contribution in [0.15, 0.2) is 33.4 Å². The third kappa shape index (κ3) is 3.11. The van der Waals surface area contributed by atoms with Crippen molar-refractivity contribution >= 4 is 26.9 Å². The van der Waals surface area contributed by atoms with E-state index < -0.39 is 0 Å². The summed E-state index contributed by atoms with van der Waals surface area (Å²) in [5, 5.41) is 4.69. The summed E-state index contributed by atoms with van der Waals surface area (Å²) in [6.45, 7) is 7.50. The Morgan fingerprint density at radius 3 is 2.76 bits per heavy atom. The van der Waals surface area contributed by atoms with Gasteiger partial charge < -0.3 is 9.73 Å². The van der Waals surface area contributed by atoms with Crippen molar-refractivity contribution in [2.24, 2.45) is 0 Å². The first-order valence-corrected chi connectivity index (χ1v) is 6.66. The highest BCUT2D eigenvalue weighted by Crippen LogP contribution is 2.28. The van der Waals surface area contributed by atoms with Crippen molar-refractivity contribution in [3.63, 3.8) is 0 Å². The lowest BCUT2D eigenvalue weighted by molar-refractivity contribution is 0.429. The predicted octanol–water partition coefficient (Wildman–Crippen LogP) is 4.13. The Morgan fingerprint density at radius 1 is 1.29 bits per heavy atom. The molecule has 0 fully saturated rings. The Kier molecular flexibility index (Phi) is 3.59. The second kappa shape index (κ2) is 4.83. The number of para-hydroxylation sites is 1. The number of nitrogens with one attached hydrogen (secondary N) is 1. The number of fused-ring (bicyclic) bond motifs is 1. The van der Waals surface area contributed by atoms with Crippen molar-refractivity contribution < 1.29 is 4.42 Å². The molecule has 0 bridgehead atoms. The van der Waals surface area contributed by atoms with Gasteiger partial charge in [0.1, 0.15) is 5.58 Å². The fraction of sp³-hybridized carbons (Fsp3) is 0.429. The molecule has 0 atom stereocenters. The van der Waals surface area contributed by atoms with Gasteiger partial charge in [0, 0.05) is 10.9 Å². The van der Waals surface area contributed by atoms with Crippen molar-refractivity contribution in [1.29, 1.82) is 0 Å². The van der Waals surface area contributed by atoms with Crippen LogP contribution in [0.1, 0.15) is 26.3 Å². The molecule has 0 aliphatic carbocycles. The molecule has 0 spiro atoms. The second-order valence-corrected chi connectivity index (χ2v) is 6.16. The van der Waals surface area contributed by atoms with E-state index in [-0.39, 0.29) is 5.54 Å². The SMILES string of the molecule is CC(C)(C)NCCc1coc2c(Br)cccc12. The molecule has 1 N–H and O–H groups in total. The van der Waals surface area contributed by atoms with E-state index in [0.29, 0.717) is 0 Å². The van der Waals surface area contributed by atoms with Crippen LogP contribution in [0.2, 0.25) is 0 Å². The zero-order valence-corrected chi connectivity index (χ0v) is 12.1. The maximum Gasteiger partial charge on any atom is 0.148 e.